The van der Waals surface area contributed by atoms with Gasteiger partial charge in [-0.15, -0.1) is 0 Å². The molecule has 2 aromatic heterocycles. The number of ether oxygens (including phenoxy) is 1. The minimum Gasteiger partial charge on any atom is -0.481 e. The monoisotopic (exact) mass is 301 g/mol. The zero-order chi connectivity index (χ0) is 14.8. The molecule has 0 amide bonds. The van der Waals surface area contributed by atoms with E-state index in [2.05, 4.69) is 9.97 Å². The van der Waals surface area contributed by atoms with E-state index in [1.165, 1.54) is 13.2 Å². The molecule has 0 atom stereocenters. The Kier molecular flexibility index (Phi) is 4.03. The van der Waals surface area contributed by atoms with Crippen LogP contribution in [0, 0.1) is 0 Å². The summed E-state index contributed by atoms with van der Waals surface area (Å²) in [7, 11) is 1.46. The molecular formula is C12H10F3N3OS. The fourth-order valence-electron chi connectivity index (χ4n) is 1.34. The smallest absolute Gasteiger partial charge is 0.417 e. The number of nitrogens with zero attached hydrogens (tertiary/aromatic N) is 2. The highest BCUT2D eigenvalue weighted by atomic mass is 32.2. The number of alkyl halides is 3. The van der Waals surface area contributed by atoms with E-state index in [9.17, 15) is 13.2 Å². The van der Waals surface area contributed by atoms with Gasteiger partial charge in [-0.05, 0) is 30.0 Å². The number of pyridine rings is 2. The minimum absolute atomic E-state index is 0.366. The quantitative estimate of drug-likeness (QED) is 0.943. The van der Waals surface area contributed by atoms with E-state index >= 15 is 0 Å². The van der Waals surface area contributed by atoms with Crippen molar-refractivity contribution in [2.24, 2.45) is 0 Å². The second-order valence-electron chi connectivity index (χ2n) is 3.73. The molecule has 2 rings (SSSR count). The van der Waals surface area contributed by atoms with Crippen LogP contribution in [-0.4, -0.2) is 17.1 Å². The van der Waals surface area contributed by atoms with Gasteiger partial charge in [0.2, 0.25) is 5.88 Å². The fourth-order valence-corrected chi connectivity index (χ4v) is 2.10. The summed E-state index contributed by atoms with van der Waals surface area (Å²) < 4.78 is 42.2. The van der Waals surface area contributed by atoms with Crippen LogP contribution in [0.25, 0.3) is 0 Å². The highest BCUT2D eigenvalue weighted by Crippen LogP contribution is 2.33. The van der Waals surface area contributed by atoms with Crippen LogP contribution in [0.4, 0.5) is 18.9 Å². The molecule has 0 spiro atoms. The first-order valence-corrected chi connectivity index (χ1v) is 6.23. The topological polar surface area (TPSA) is 61.0 Å². The van der Waals surface area contributed by atoms with Gasteiger partial charge < -0.3 is 10.5 Å². The maximum absolute atomic E-state index is 12.4. The molecule has 0 aromatic carbocycles. The van der Waals surface area contributed by atoms with Crippen molar-refractivity contribution in [1.29, 1.82) is 0 Å². The number of hydrogen-bond donors (Lipinski definition) is 1. The summed E-state index contributed by atoms with van der Waals surface area (Å²) in [4.78, 5) is 7.85. The Morgan fingerprint density at radius 1 is 1.20 bits per heavy atom. The van der Waals surface area contributed by atoms with Crippen molar-refractivity contribution in [2.45, 2.75) is 16.2 Å². The average molecular weight is 301 g/mol. The molecule has 106 valence electrons. The molecule has 2 aromatic rings. The van der Waals surface area contributed by atoms with E-state index in [4.69, 9.17) is 10.5 Å². The van der Waals surface area contributed by atoms with Gasteiger partial charge in [-0.2, -0.15) is 13.2 Å². The Morgan fingerprint density at radius 3 is 2.50 bits per heavy atom. The van der Waals surface area contributed by atoms with Crippen LogP contribution < -0.4 is 10.5 Å². The van der Waals surface area contributed by atoms with Crippen LogP contribution in [0.2, 0.25) is 0 Å². The Balaban J connectivity index is 2.22. The number of anilines is 1. The SMILES string of the molecule is COc1ccc(N)c(Sc2ccc(C(F)(F)F)cn2)n1. The minimum atomic E-state index is -4.40. The Hall–Kier alpha value is -1.96. The third-order valence-corrected chi connectivity index (χ3v) is 3.31. The summed E-state index contributed by atoms with van der Waals surface area (Å²) in [6.07, 6.45) is -3.62. The van der Waals surface area contributed by atoms with Crippen molar-refractivity contribution >= 4 is 17.4 Å². The van der Waals surface area contributed by atoms with Crippen LogP contribution in [0.15, 0.2) is 40.5 Å². The summed E-state index contributed by atoms with van der Waals surface area (Å²) in [6.45, 7) is 0. The molecule has 0 unspecified atom stereocenters. The van der Waals surface area contributed by atoms with Gasteiger partial charge in [0.05, 0.1) is 18.4 Å². The largest absolute Gasteiger partial charge is 0.481 e. The molecule has 0 saturated heterocycles. The van der Waals surface area contributed by atoms with Crippen LogP contribution in [0.5, 0.6) is 5.88 Å². The Morgan fingerprint density at radius 2 is 1.95 bits per heavy atom. The molecule has 2 N–H and O–H groups in total. The summed E-state index contributed by atoms with van der Waals surface area (Å²) in [5.74, 6) is 0.369. The van der Waals surface area contributed by atoms with Gasteiger partial charge in [0.25, 0.3) is 0 Å². The van der Waals surface area contributed by atoms with Gasteiger partial charge in [0.15, 0.2) is 0 Å². The molecule has 4 nitrogen and oxygen atoms in total. The highest BCUT2D eigenvalue weighted by molar-refractivity contribution is 7.99. The number of nitrogens with two attached hydrogens (primary N) is 1. The Bertz CT molecular complexity index is 602. The van der Waals surface area contributed by atoms with Crippen molar-refractivity contribution in [2.75, 3.05) is 12.8 Å². The molecule has 0 aliphatic rings. The molecule has 0 aliphatic heterocycles. The van der Waals surface area contributed by atoms with Gasteiger partial charge >= 0.3 is 6.18 Å². The molecule has 0 bridgehead atoms. The fraction of sp³-hybridized carbons (Fsp3) is 0.167. The summed E-state index contributed by atoms with van der Waals surface area (Å²) in [5, 5.41) is 0.794. The lowest BCUT2D eigenvalue weighted by Crippen LogP contribution is -2.05. The van der Waals surface area contributed by atoms with Crippen molar-refractivity contribution in [1.82, 2.24) is 9.97 Å². The molecule has 0 fully saturated rings. The number of aromatic nitrogens is 2. The predicted molar refractivity (Wildman–Crippen MR) is 68.6 cm³/mol. The number of hydrogen-bond acceptors (Lipinski definition) is 5. The zero-order valence-corrected chi connectivity index (χ0v) is 11.1. The third-order valence-electron chi connectivity index (χ3n) is 2.34. The normalized spacial score (nSPS) is 11.4. The molecule has 8 heteroatoms. The molecular weight excluding hydrogens is 291 g/mol. The van der Waals surface area contributed by atoms with E-state index in [1.54, 1.807) is 12.1 Å². The number of methoxy groups -OCH3 is 1. The first kappa shape index (κ1) is 14.4. The molecule has 0 radical (unpaired) electrons. The molecule has 0 saturated carbocycles. The number of halogens is 3. The first-order valence-electron chi connectivity index (χ1n) is 5.42. The van der Waals surface area contributed by atoms with Crippen molar-refractivity contribution in [3.63, 3.8) is 0 Å². The molecule has 2 heterocycles. The van der Waals surface area contributed by atoms with Gasteiger partial charge in [0, 0.05) is 12.3 Å². The predicted octanol–water partition coefficient (Wildman–Crippen LogP) is 3.24. The average Bonchev–Trinajstić information content (AvgIpc) is 2.41. The zero-order valence-electron chi connectivity index (χ0n) is 10.3. The van der Waals surface area contributed by atoms with Gasteiger partial charge in [-0.1, -0.05) is 0 Å². The Labute approximate surface area is 117 Å². The lowest BCUT2D eigenvalue weighted by atomic mass is 10.3. The highest BCUT2D eigenvalue weighted by Gasteiger charge is 2.30. The maximum atomic E-state index is 12.4. The molecule has 20 heavy (non-hydrogen) atoms. The summed E-state index contributed by atoms with van der Waals surface area (Å²) in [5.41, 5.74) is 5.35. The van der Waals surface area contributed by atoms with Gasteiger partial charge in [-0.25, -0.2) is 9.97 Å². The lowest BCUT2D eigenvalue weighted by molar-refractivity contribution is -0.137. The maximum Gasteiger partial charge on any atom is 0.417 e. The van der Waals surface area contributed by atoms with Gasteiger partial charge in [-0.3, -0.25) is 0 Å². The van der Waals surface area contributed by atoms with Crippen LogP contribution in [-0.2, 0) is 6.18 Å². The van der Waals surface area contributed by atoms with E-state index < -0.39 is 11.7 Å². The van der Waals surface area contributed by atoms with Crippen LogP contribution in [0.3, 0.4) is 0 Å². The van der Waals surface area contributed by atoms with Crippen LogP contribution >= 0.6 is 11.8 Å². The van der Waals surface area contributed by atoms with E-state index in [-0.39, 0.29) is 0 Å². The van der Waals surface area contributed by atoms with Crippen molar-refractivity contribution < 1.29 is 17.9 Å². The van der Waals surface area contributed by atoms with Crippen molar-refractivity contribution in [3.05, 3.63) is 36.0 Å². The second kappa shape index (κ2) is 5.58. The van der Waals surface area contributed by atoms with E-state index in [0.29, 0.717) is 21.6 Å². The van der Waals surface area contributed by atoms with Gasteiger partial charge in [0.1, 0.15) is 10.1 Å². The standard InChI is InChI=1S/C12H10F3N3OS/c1-19-9-4-3-8(16)11(18-9)20-10-5-2-7(6-17-10)12(13,14)15/h2-6H,16H2,1H3. The van der Waals surface area contributed by atoms with Crippen molar-refractivity contribution in [3.8, 4) is 5.88 Å². The van der Waals surface area contributed by atoms with E-state index in [0.717, 1.165) is 24.0 Å². The summed E-state index contributed by atoms with van der Waals surface area (Å²) >= 11 is 1.07. The molecule has 0 aliphatic carbocycles. The second-order valence-corrected chi connectivity index (χ2v) is 4.74. The van der Waals surface area contributed by atoms with Crippen LogP contribution in [0.1, 0.15) is 5.56 Å². The summed E-state index contributed by atoms with van der Waals surface area (Å²) in [6, 6.07) is 5.44. The first-order chi connectivity index (χ1) is 9.40. The third kappa shape index (κ3) is 3.32. The number of nitrogen functional groups attached to an aromatic ring is 1. The lowest BCUT2D eigenvalue weighted by Gasteiger charge is -2.08. The number of rotatable bonds is 3. The van der Waals surface area contributed by atoms with E-state index in [1.807, 2.05) is 0 Å².